The highest BCUT2D eigenvalue weighted by molar-refractivity contribution is 7.71. The van der Waals surface area contributed by atoms with Crippen LogP contribution in [0.3, 0.4) is 0 Å². The van der Waals surface area contributed by atoms with E-state index in [0.29, 0.717) is 4.77 Å². The Balaban J connectivity index is 1.93. The number of hydrogen-bond donors (Lipinski definition) is 2. The van der Waals surface area contributed by atoms with Crippen LogP contribution in [0.2, 0.25) is 0 Å². The lowest BCUT2D eigenvalue weighted by Gasteiger charge is -2.22. The highest BCUT2D eigenvalue weighted by Gasteiger charge is 2.13. The van der Waals surface area contributed by atoms with E-state index >= 15 is 0 Å². The molecular formula is C11H20N4S. The minimum Gasteiger partial charge on any atom is -0.322 e. The minimum atomic E-state index is 0.674. The molecule has 0 amide bonds. The van der Waals surface area contributed by atoms with Gasteiger partial charge in [0.05, 0.1) is 0 Å². The van der Waals surface area contributed by atoms with Crippen molar-refractivity contribution >= 4 is 12.2 Å². The minimum absolute atomic E-state index is 0.674. The summed E-state index contributed by atoms with van der Waals surface area (Å²) in [5.41, 5.74) is 3.40. The van der Waals surface area contributed by atoms with Gasteiger partial charge in [-0.3, -0.25) is 5.10 Å². The summed E-state index contributed by atoms with van der Waals surface area (Å²) in [5, 5.41) is 7.01. The molecule has 1 aliphatic carbocycles. The van der Waals surface area contributed by atoms with E-state index in [0.717, 1.165) is 24.7 Å². The van der Waals surface area contributed by atoms with Gasteiger partial charge in [-0.05, 0) is 31.0 Å². The van der Waals surface area contributed by atoms with Crippen LogP contribution in [0.4, 0.5) is 0 Å². The summed E-state index contributed by atoms with van der Waals surface area (Å²) in [5.74, 6) is 1.79. The molecule has 90 valence electrons. The van der Waals surface area contributed by atoms with E-state index < -0.39 is 0 Å². The van der Waals surface area contributed by atoms with Gasteiger partial charge in [-0.15, -0.1) is 0 Å². The van der Waals surface area contributed by atoms with Gasteiger partial charge in [-0.1, -0.05) is 26.2 Å². The number of nitrogens with one attached hydrogen (secondary N) is 2. The number of aromatic amines is 1. The molecule has 0 atom stereocenters. The smallest absolute Gasteiger partial charge is 0.214 e. The Morgan fingerprint density at radius 2 is 2.19 bits per heavy atom. The van der Waals surface area contributed by atoms with Crippen molar-refractivity contribution in [3.63, 3.8) is 0 Å². The second kappa shape index (κ2) is 5.48. The fourth-order valence-electron chi connectivity index (χ4n) is 2.34. The second-order valence-corrected chi connectivity index (χ2v) is 4.89. The zero-order valence-corrected chi connectivity index (χ0v) is 10.6. The molecule has 1 aliphatic rings. The largest absolute Gasteiger partial charge is 0.322 e. The van der Waals surface area contributed by atoms with Gasteiger partial charge >= 0.3 is 0 Å². The maximum atomic E-state index is 5.19. The third kappa shape index (κ3) is 2.64. The molecule has 16 heavy (non-hydrogen) atoms. The Labute approximate surface area is 101 Å². The molecule has 5 heteroatoms. The van der Waals surface area contributed by atoms with Crippen molar-refractivity contribution in [2.45, 2.75) is 45.4 Å². The third-order valence-corrected chi connectivity index (χ3v) is 3.59. The summed E-state index contributed by atoms with van der Waals surface area (Å²) in [6.07, 6.45) is 7.75. The van der Waals surface area contributed by atoms with Gasteiger partial charge in [0, 0.05) is 13.0 Å². The quantitative estimate of drug-likeness (QED) is 0.795. The van der Waals surface area contributed by atoms with Crippen LogP contribution in [0.15, 0.2) is 0 Å². The molecular weight excluding hydrogens is 220 g/mol. The first-order chi connectivity index (χ1) is 7.81. The van der Waals surface area contributed by atoms with Crippen molar-refractivity contribution in [3.8, 4) is 0 Å². The Hall–Kier alpha value is -0.840. The van der Waals surface area contributed by atoms with Gasteiger partial charge < -0.3 is 5.43 Å². The maximum absolute atomic E-state index is 5.19. The lowest BCUT2D eigenvalue weighted by molar-refractivity contribution is 0.365. The fraction of sp³-hybridized carbons (Fsp3) is 0.818. The van der Waals surface area contributed by atoms with Crippen LogP contribution in [0.1, 0.15) is 44.9 Å². The summed E-state index contributed by atoms with van der Waals surface area (Å²) in [6, 6.07) is 0. The van der Waals surface area contributed by atoms with E-state index in [1.807, 2.05) is 4.68 Å². The van der Waals surface area contributed by atoms with Crippen LogP contribution in [-0.2, 0) is 6.42 Å². The maximum Gasteiger partial charge on any atom is 0.214 e. The molecule has 0 bridgehead atoms. The average molecular weight is 240 g/mol. The lowest BCUT2D eigenvalue weighted by atomic mass is 9.89. The van der Waals surface area contributed by atoms with E-state index in [-0.39, 0.29) is 0 Å². The Morgan fingerprint density at radius 1 is 1.44 bits per heavy atom. The standard InChI is InChI=1S/C11H20N4S/c1-2-10-13-14-11(16)15(10)12-8-9-6-4-3-5-7-9/h9,12H,2-8H2,1H3,(H,14,16). The zero-order valence-electron chi connectivity index (χ0n) is 9.83. The molecule has 1 aromatic heterocycles. The van der Waals surface area contributed by atoms with Crippen molar-refractivity contribution in [1.29, 1.82) is 0 Å². The highest BCUT2D eigenvalue weighted by Crippen LogP contribution is 2.22. The molecule has 0 saturated heterocycles. The first kappa shape index (κ1) is 11.6. The number of rotatable bonds is 4. The molecule has 4 nitrogen and oxygen atoms in total. The normalized spacial score (nSPS) is 17.6. The third-order valence-electron chi connectivity index (χ3n) is 3.32. The first-order valence-corrected chi connectivity index (χ1v) is 6.62. The number of hydrogen-bond acceptors (Lipinski definition) is 3. The summed E-state index contributed by atoms with van der Waals surface area (Å²) < 4.78 is 2.59. The van der Waals surface area contributed by atoms with Gasteiger partial charge in [0.25, 0.3) is 0 Å². The van der Waals surface area contributed by atoms with Gasteiger partial charge in [-0.25, -0.2) is 4.68 Å². The molecule has 2 rings (SSSR count). The SMILES string of the molecule is CCc1n[nH]c(=S)n1NCC1CCCCC1. The summed E-state index contributed by atoms with van der Waals surface area (Å²) >= 11 is 5.19. The monoisotopic (exact) mass is 240 g/mol. The van der Waals surface area contributed by atoms with Crippen LogP contribution in [0.5, 0.6) is 0 Å². The molecule has 0 unspecified atom stereocenters. The molecule has 0 spiro atoms. The fourth-order valence-corrected chi connectivity index (χ4v) is 2.56. The molecule has 1 saturated carbocycles. The van der Waals surface area contributed by atoms with Crippen molar-refractivity contribution in [3.05, 3.63) is 10.6 Å². The lowest BCUT2D eigenvalue weighted by Crippen LogP contribution is -2.25. The van der Waals surface area contributed by atoms with Gasteiger partial charge in [0.15, 0.2) is 5.82 Å². The Bertz CT molecular complexity index is 376. The molecule has 0 radical (unpaired) electrons. The van der Waals surface area contributed by atoms with Crippen molar-refractivity contribution in [2.75, 3.05) is 12.0 Å². The molecule has 1 fully saturated rings. The molecule has 1 aromatic rings. The van der Waals surface area contributed by atoms with E-state index in [1.54, 1.807) is 0 Å². The van der Waals surface area contributed by atoms with E-state index in [2.05, 4.69) is 22.5 Å². The number of nitrogens with zero attached hydrogens (tertiary/aromatic N) is 2. The first-order valence-electron chi connectivity index (χ1n) is 6.21. The van der Waals surface area contributed by atoms with Gasteiger partial charge in [0.1, 0.15) is 0 Å². The average Bonchev–Trinajstić information content (AvgIpc) is 2.69. The summed E-state index contributed by atoms with van der Waals surface area (Å²) in [6.45, 7) is 3.10. The van der Waals surface area contributed by atoms with Gasteiger partial charge in [-0.2, -0.15) is 5.10 Å². The van der Waals surface area contributed by atoms with Crippen molar-refractivity contribution in [2.24, 2.45) is 5.92 Å². The summed E-state index contributed by atoms with van der Waals surface area (Å²) in [4.78, 5) is 0. The number of aromatic nitrogens is 3. The predicted octanol–water partition coefficient (Wildman–Crippen LogP) is 2.63. The van der Waals surface area contributed by atoms with Crippen LogP contribution < -0.4 is 5.43 Å². The molecule has 2 N–H and O–H groups in total. The molecule has 0 aliphatic heterocycles. The summed E-state index contributed by atoms with van der Waals surface area (Å²) in [7, 11) is 0. The van der Waals surface area contributed by atoms with Crippen LogP contribution >= 0.6 is 12.2 Å². The second-order valence-electron chi connectivity index (χ2n) is 4.50. The highest BCUT2D eigenvalue weighted by atomic mass is 32.1. The predicted molar refractivity (Wildman–Crippen MR) is 67.6 cm³/mol. The van der Waals surface area contributed by atoms with E-state index in [4.69, 9.17) is 12.2 Å². The Morgan fingerprint density at radius 3 is 2.88 bits per heavy atom. The van der Waals surface area contributed by atoms with Gasteiger partial charge in [0.2, 0.25) is 4.77 Å². The number of H-pyrrole nitrogens is 1. The van der Waals surface area contributed by atoms with E-state index in [1.165, 1.54) is 32.1 Å². The van der Waals surface area contributed by atoms with Crippen LogP contribution in [0, 0.1) is 10.7 Å². The zero-order chi connectivity index (χ0) is 11.4. The Kier molecular flexibility index (Phi) is 3.98. The van der Waals surface area contributed by atoms with Crippen LogP contribution in [0.25, 0.3) is 0 Å². The topological polar surface area (TPSA) is 45.6 Å². The van der Waals surface area contributed by atoms with Crippen molar-refractivity contribution < 1.29 is 0 Å². The van der Waals surface area contributed by atoms with E-state index in [9.17, 15) is 0 Å². The number of aryl methyl sites for hydroxylation is 1. The molecule has 1 heterocycles. The van der Waals surface area contributed by atoms with Crippen molar-refractivity contribution in [1.82, 2.24) is 14.9 Å². The molecule has 0 aromatic carbocycles. The van der Waals surface area contributed by atoms with Crippen LogP contribution in [-0.4, -0.2) is 21.4 Å².